The van der Waals surface area contributed by atoms with Crippen molar-refractivity contribution in [3.63, 3.8) is 0 Å². The number of nitrogens with zero attached hydrogens (tertiary/aromatic N) is 1. The van der Waals surface area contributed by atoms with Gasteiger partial charge in [-0.05, 0) is 105 Å². The second kappa shape index (κ2) is 11.3. The summed E-state index contributed by atoms with van der Waals surface area (Å²) >= 11 is 0. The molecule has 0 atom stereocenters. The minimum Gasteiger partial charge on any atom is -0.457 e. The van der Waals surface area contributed by atoms with E-state index in [1.54, 1.807) is 34.6 Å². The molecule has 4 aromatic rings. The number of halogens is 1. The topological polar surface area (TPSA) is 110 Å². The van der Waals surface area contributed by atoms with Crippen molar-refractivity contribution >= 4 is 32.8 Å². The monoisotopic (exact) mass is 593 g/mol. The summed E-state index contributed by atoms with van der Waals surface area (Å²) in [5, 5.41) is 6.38. The summed E-state index contributed by atoms with van der Waals surface area (Å²) in [6.45, 7) is 1.49. The highest BCUT2D eigenvalue weighted by Crippen LogP contribution is 2.50. The lowest BCUT2D eigenvalue weighted by Crippen LogP contribution is -2.46. The van der Waals surface area contributed by atoms with Crippen LogP contribution in [0.2, 0.25) is 0 Å². The minimum atomic E-state index is -3.59. The van der Waals surface area contributed by atoms with Gasteiger partial charge in [0, 0.05) is 24.7 Å². The van der Waals surface area contributed by atoms with E-state index in [1.807, 2.05) is 6.07 Å². The van der Waals surface area contributed by atoms with Crippen LogP contribution < -0.4 is 24.4 Å². The molecular weight excluding hydrogens is 561 g/mol. The molecule has 1 saturated carbocycles. The number of benzene rings is 3. The fourth-order valence-corrected chi connectivity index (χ4v) is 6.74. The number of hydrogen-bond acceptors (Lipinski definition) is 7. The van der Waals surface area contributed by atoms with Crippen molar-refractivity contribution in [2.45, 2.75) is 37.6 Å². The molecule has 3 aromatic carbocycles. The van der Waals surface area contributed by atoms with Crippen molar-refractivity contribution in [1.29, 1.82) is 0 Å². The van der Waals surface area contributed by atoms with Crippen molar-refractivity contribution in [3.05, 3.63) is 72.0 Å². The third kappa shape index (κ3) is 5.79. The lowest BCUT2D eigenvalue weighted by Gasteiger charge is -2.35. The largest absolute Gasteiger partial charge is 0.457 e. The molecule has 1 aliphatic carbocycles. The molecule has 2 fully saturated rings. The highest BCUT2D eigenvalue weighted by Gasteiger charge is 2.36. The molecule has 2 aliphatic rings. The molecule has 9 nitrogen and oxygen atoms in total. The van der Waals surface area contributed by atoms with Crippen LogP contribution in [0.3, 0.4) is 0 Å². The highest BCUT2D eigenvalue weighted by atomic mass is 32.2. The molecule has 6 rings (SSSR count). The van der Waals surface area contributed by atoms with Gasteiger partial charge in [-0.25, -0.2) is 17.6 Å². The maximum atomic E-state index is 13.3. The van der Waals surface area contributed by atoms with Crippen LogP contribution in [0, 0.1) is 5.82 Å². The summed E-state index contributed by atoms with van der Waals surface area (Å²) in [5.74, 6) is 1.45. The fourth-order valence-electron chi connectivity index (χ4n) is 5.47. The van der Waals surface area contributed by atoms with Crippen LogP contribution in [0.5, 0.6) is 17.2 Å². The Hall–Kier alpha value is -4.09. The Balaban J connectivity index is 1.44. The Labute approximate surface area is 243 Å². The van der Waals surface area contributed by atoms with Gasteiger partial charge in [0.2, 0.25) is 10.0 Å². The molecule has 2 N–H and O–H groups in total. The molecule has 1 amide bonds. The molecule has 0 unspecified atom stereocenters. The average molecular weight is 594 g/mol. The van der Waals surface area contributed by atoms with Crippen LogP contribution in [-0.2, 0) is 10.0 Å². The standard InChI is InChI=1S/C31H32FN3O6S/c1-33-31(36)41-30-26-17-25(19-3-4-19)27(35(42(2,37)38)22-13-15-34-16-14-22)18-28(26)40-29(30)20-5-9-23(10-6-20)39-24-11-7-21(32)8-12-24/h5-12,17-19,22,34H,3-4,13-16H2,1-2H3,(H,33,36). The number of hydrogen-bond donors (Lipinski definition) is 2. The summed E-state index contributed by atoms with van der Waals surface area (Å²) in [5.41, 5.74) is 2.57. The molecule has 0 bridgehead atoms. The van der Waals surface area contributed by atoms with Gasteiger partial charge in [0.1, 0.15) is 22.9 Å². The molecule has 0 radical (unpaired) electrons. The van der Waals surface area contributed by atoms with E-state index in [2.05, 4.69) is 10.6 Å². The predicted octanol–water partition coefficient (Wildman–Crippen LogP) is 6.14. The zero-order chi connectivity index (χ0) is 29.4. The van der Waals surface area contributed by atoms with Crippen molar-refractivity contribution in [2.75, 3.05) is 30.7 Å². The van der Waals surface area contributed by atoms with Crippen LogP contribution in [0.1, 0.15) is 37.2 Å². The van der Waals surface area contributed by atoms with Gasteiger partial charge < -0.3 is 24.5 Å². The molecule has 2 heterocycles. The summed E-state index contributed by atoms with van der Waals surface area (Å²) in [4.78, 5) is 12.4. The molecule has 0 spiro atoms. The summed E-state index contributed by atoms with van der Waals surface area (Å²) < 4.78 is 59.1. The predicted molar refractivity (Wildman–Crippen MR) is 158 cm³/mol. The molecule has 11 heteroatoms. The van der Waals surface area contributed by atoms with Crippen molar-refractivity contribution in [2.24, 2.45) is 0 Å². The number of ether oxygens (including phenoxy) is 2. The lowest BCUT2D eigenvalue weighted by molar-refractivity contribution is 0.203. The molecular formula is C31H32FN3O6S. The smallest absolute Gasteiger partial charge is 0.412 e. The Bertz CT molecular complexity index is 1710. The normalized spacial score (nSPS) is 15.9. The fraction of sp³-hybridized carbons (Fsp3) is 0.323. The summed E-state index contributed by atoms with van der Waals surface area (Å²) in [6, 6.07) is 16.3. The van der Waals surface area contributed by atoms with Gasteiger partial charge in [-0.15, -0.1) is 0 Å². The van der Waals surface area contributed by atoms with Crippen LogP contribution in [0.15, 0.2) is 65.1 Å². The molecule has 1 aromatic heterocycles. The Morgan fingerprint density at radius 1 is 1.00 bits per heavy atom. The van der Waals surface area contributed by atoms with Crippen molar-refractivity contribution in [1.82, 2.24) is 10.6 Å². The number of sulfonamides is 1. The third-order valence-corrected chi connectivity index (χ3v) is 8.82. The minimum absolute atomic E-state index is 0.166. The zero-order valence-electron chi connectivity index (χ0n) is 23.4. The van der Waals surface area contributed by atoms with Gasteiger partial charge in [0.25, 0.3) is 0 Å². The number of anilines is 1. The third-order valence-electron chi connectivity index (χ3n) is 7.61. The molecule has 42 heavy (non-hydrogen) atoms. The number of carbonyl (C=O) groups is 1. The summed E-state index contributed by atoms with van der Waals surface area (Å²) in [7, 11) is -2.12. The van der Waals surface area contributed by atoms with E-state index in [0.717, 1.165) is 31.5 Å². The molecule has 220 valence electrons. The maximum Gasteiger partial charge on any atom is 0.412 e. The van der Waals surface area contributed by atoms with E-state index < -0.39 is 16.1 Å². The summed E-state index contributed by atoms with van der Waals surface area (Å²) in [6.07, 6.45) is 3.91. The quantitative estimate of drug-likeness (QED) is 0.252. The van der Waals surface area contributed by atoms with E-state index in [1.165, 1.54) is 37.6 Å². The first-order valence-electron chi connectivity index (χ1n) is 14.0. The highest BCUT2D eigenvalue weighted by molar-refractivity contribution is 7.92. The van der Waals surface area contributed by atoms with E-state index in [9.17, 15) is 17.6 Å². The number of furan rings is 1. The second-order valence-electron chi connectivity index (χ2n) is 10.7. The van der Waals surface area contributed by atoms with E-state index in [0.29, 0.717) is 52.3 Å². The first-order valence-corrected chi connectivity index (χ1v) is 15.8. The first-order chi connectivity index (χ1) is 20.2. The number of piperidine rings is 1. The SMILES string of the molecule is CNC(=O)Oc1c(-c2ccc(Oc3ccc(F)cc3)cc2)oc2cc(N(C3CCNCC3)S(C)(=O)=O)c(C3CC3)cc12. The van der Waals surface area contributed by atoms with Gasteiger partial charge in [-0.3, -0.25) is 4.31 Å². The maximum absolute atomic E-state index is 13.3. The van der Waals surface area contributed by atoms with Crippen LogP contribution in [0.4, 0.5) is 14.9 Å². The van der Waals surface area contributed by atoms with E-state index in [-0.39, 0.29) is 23.5 Å². The zero-order valence-corrected chi connectivity index (χ0v) is 24.2. The first kappa shape index (κ1) is 28.0. The van der Waals surface area contributed by atoms with Crippen LogP contribution in [0.25, 0.3) is 22.3 Å². The Morgan fingerprint density at radius 2 is 1.64 bits per heavy atom. The van der Waals surface area contributed by atoms with Crippen molar-refractivity contribution < 1.29 is 31.5 Å². The Kier molecular flexibility index (Phi) is 7.54. The number of carbonyl (C=O) groups excluding carboxylic acids is 1. The van der Waals surface area contributed by atoms with Crippen LogP contribution in [-0.4, -0.2) is 46.9 Å². The second-order valence-corrected chi connectivity index (χ2v) is 12.6. The number of rotatable bonds is 8. The van der Waals surface area contributed by atoms with Gasteiger partial charge in [0.15, 0.2) is 11.5 Å². The van der Waals surface area contributed by atoms with Gasteiger partial charge in [-0.1, -0.05) is 0 Å². The molecule has 1 saturated heterocycles. The number of amides is 1. The van der Waals surface area contributed by atoms with E-state index >= 15 is 0 Å². The van der Waals surface area contributed by atoms with Gasteiger partial charge in [-0.2, -0.15) is 0 Å². The number of nitrogens with one attached hydrogen (secondary N) is 2. The lowest BCUT2D eigenvalue weighted by atomic mass is 10.0. The molecule has 1 aliphatic heterocycles. The average Bonchev–Trinajstić information content (AvgIpc) is 3.77. The van der Waals surface area contributed by atoms with E-state index in [4.69, 9.17) is 13.9 Å². The van der Waals surface area contributed by atoms with Gasteiger partial charge >= 0.3 is 6.09 Å². The van der Waals surface area contributed by atoms with Crippen LogP contribution >= 0.6 is 0 Å². The number of fused-ring (bicyclic) bond motifs is 1. The Morgan fingerprint density at radius 3 is 2.24 bits per heavy atom. The van der Waals surface area contributed by atoms with Gasteiger partial charge in [0.05, 0.1) is 17.3 Å². The van der Waals surface area contributed by atoms with Crippen molar-refractivity contribution in [3.8, 4) is 28.6 Å².